The third kappa shape index (κ3) is 7.04. The molecule has 1 fully saturated rings. The van der Waals surface area contributed by atoms with Gasteiger partial charge in [-0.05, 0) is 41.5 Å². The zero-order valence-corrected chi connectivity index (χ0v) is 20.3. The zero-order chi connectivity index (χ0) is 23.1. The molecule has 0 aromatic heterocycles. The van der Waals surface area contributed by atoms with Crippen LogP contribution in [0.4, 0.5) is 0 Å². The van der Waals surface area contributed by atoms with Crippen LogP contribution in [0.3, 0.4) is 0 Å². The molecular weight excluding hydrogens is 446 g/mol. The molecule has 2 N–H and O–H groups in total. The molecule has 1 heterocycles. The highest BCUT2D eigenvalue weighted by molar-refractivity contribution is 7.89. The third-order valence-electron chi connectivity index (χ3n) is 5.70. The van der Waals surface area contributed by atoms with E-state index in [1.807, 2.05) is 18.2 Å². The van der Waals surface area contributed by atoms with E-state index in [1.54, 1.807) is 12.1 Å². The molecule has 1 aliphatic rings. The van der Waals surface area contributed by atoms with Gasteiger partial charge in [-0.25, -0.2) is 13.1 Å². The molecule has 174 valence electrons. The summed E-state index contributed by atoms with van der Waals surface area (Å²) >= 11 is 5.97. The summed E-state index contributed by atoms with van der Waals surface area (Å²) in [5, 5.41) is 3.06. The number of amides is 1. The topological polar surface area (TPSA) is 78.5 Å². The van der Waals surface area contributed by atoms with Gasteiger partial charge in [0, 0.05) is 39.1 Å². The largest absolute Gasteiger partial charge is 0.352 e. The van der Waals surface area contributed by atoms with Crippen molar-refractivity contribution in [2.45, 2.75) is 44.7 Å². The molecule has 32 heavy (non-hydrogen) atoms. The Kier molecular flexibility index (Phi) is 8.71. The van der Waals surface area contributed by atoms with Crippen LogP contribution < -0.4 is 10.0 Å². The van der Waals surface area contributed by atoms with E-state index in [-0.39, 0.29) is 28.8 Å². The van der Waals surface area contributed by atoms with E-state index < -0.39 is 10.0 Å². The third-order valence-corrected chi connectivity index (χ3v) is 7.66. The van der Waals surface area contributed by atoms with Crippen LogP contribution in [0.2, 0.25) is 5.02 Å². The summed E-state index contributed by atoms with van der Waals surface area (Å²) in [6.45, 7) is 8.09. The number of sulfonamides is 1. The molecule has 1 aliphatic heterocycles. The number of benzene rings is 2. The summed E-state index contributed by atoms with van der Waals surface area (Å²) in [5.74, 6) is 1.18. The van der Waals surface area contributed by atoms with Crippen LogP contribution in [0.5, 0.6) is 0 Å². The van der Waals surface area contributed by atoms with Gasteiger partial charge in [0.15, 0.2) is 0 Å². The SMILES string of the molecule is CC1CC(C)CN(Cc2ccccc2CNC(=O)CCNS(=O)(=O)c2ccccc2Cl)C1. The molecule has 6 nitrogen and oxygen atoms in total. The highest BCUT2D eigenvalue weighted by atomic mass is 35.5. The minimum absolute atomic E-state index is 0.00455. The van der Waals surface area contributed by atoms with E-state index >= 15 is 0 Å². The molecule has 1 amide bonds. The standard InChI is InChI=1S/C24H32ClN3O3S/c1-18-13-19(2)16-28(15-18)17-21-8-4-3-7-20(21)14-26-24(29)11-12-27-32(30,31)23-10-6-5-9-22(23)25/h3-10,18-19,27H,11-17H2,1-2H3,(H,26,29). The number of nitrogens with one attached hydrogen (secondary N) is 2. The predicted octanol–water partition coefficient (Wildman–Crippen LogP) is 3.80. The molecule has 0 bridgehead atoms. The lowest BCUT2D eigenvalue weighted by Crippen LogP contribution is -2.38. The van der Waals surface area contributed by atoms with Crippen molar-refractivity contribution in [2.24, 2.45) is 11.8 Å². The monoisotopic (exact) mass is 477 g/mol. The lowest BCUT2D eigenvalue weighted by molar-refractivity contribution is -0.121. The summed E-state index contributed by atoms with van der Waals surface area (Å²) < 4.78 is 27.2. The van der Waals surface area contributed by atoms with Crippen molar-refractivity contribution in [2.75, 3.05) is 19.6 Å². The Labute approximate surface area is 196 Å². The van der Waals surface area contributed by atoms with Crippen LogP contribution >= 0.6 is 11.6 Å². The lowest BCUT2D eigenvalue weighted by Gasteiger charge is -2.35. The maximum absolute atomic E-state index is 12.4. The second-order valence-electron chi connectivity index (χ2n) is 8.76. The zero-order valence-electron chi connectivity index (χ0n) is 18.7. The maximum atomic E-state index is 12.4. The Morgan fingerprint density at radius 3 is 2.34 bits per heavy atom. The first kappa shape index (κ1) is 24.7. The number of carbonyl (C=O) groups excluding carboxylic acids is 1. The van der Waals surface area contributed by atoms with Crippen molar-refractivity contribution in [3.63, 3.8) is 0 Å². The summed E-state index contributed by atoms with van der Waals surface area (Å²) in [4.78, 5) is 14.8. The molecule has 1 saturated heterocycles. The molecule has 8 heteroatoms. The minimum Gasteiger partial charge on any atom is -0.352 e. The smallest absolute Gasteiger partial charge is 0.242 e. The lowest BCUT2D eigenvalue weighted by atomic mass is 9.91. The van der Waals surface area contributed by atoms with Gasteiger partial charge in [0.1, 0.15) is 4.90 Å². The highest BCUT2D eigenvalue weighted by Crippen LogP contribution is 2.23. The van der Waals surface area contributed by atoms with Gasteiger partial charge < -0.3 is 5.32 Å². The van der Waals surface area contributed by atoms with Crippen molar-refractivity contribution in [3.8, 4) is 0 Å². The molecular formula is C24H32ClN3O3S. The van der Waals surface area contributed by atoms with E-state index in [0.29, 0.717) is 18.4 Å². The van der Waals surface area contributed by atoms with Gasteiger partial charge in [-0.3, -0.25) is 9.69 Å². The van der Waals surface area contributed by atoms with Crippen LogP contribution in [0.25, 0.3) is 0 Å². The Morgan fingerprint density at radius 1 is 1.03 bits per heavy atom. The Hall–Kier alpha value is -1.93. The molecule has 2 unspecified atom stereocenters. The summed E-state index contributed by atoms with van der Waals surface area (Å²) in [6.07, 6.45) is 1.32. The molecule has 2 atom stereocenters. The van der Waals surface area contributed by atoms with Crippen molar-refractivity contribution in [1.82, 2.24) is 14.9 Å². The molecule has 2 aromatic rings. The van der Waals surface area contributed by atoms with Gasteiger partial charge in [-0.1, -0.05) is 61.8 Å². The number of likely N-dealkylation sites (tertiary alicyclic amines) is 1. The van der Waals surface area contributed by atoms with Crippen LogP contribution in [-0.2, 0) is 27.9 Å². The van der Waals surface area contributed by atoms with Crippen LogP contribution in [-0.4, -0.2) is 38.9 Å². The van der Waals surface area contributed by atoms with Gasteiger partial charge in [0.2, 0.25) is 15.9 Å². The van der Waals surface area contributed by atoms with Gasteiger partial charge in [0.25, 0.3) is 0 Å². The summed E-state index contributed by atoms with van der Waals surface area (Å²) in [6, 6.07) is 14.4. The molecule has 0 radical (unpaired) electrons. The average Bonchev–Trinajstić information content (AvgIpc) is 2.72. The van der Waals surface area contributed by atoms with Crippen LogP contribution in [0, 0.1) is 11.8 Å². The van der Waals surface area contributed by atoms with Gasteiger partial charge in [-0.2, -0.15) is 0 Å². The summed E-state index contributed by atoms with van der Waals surface area (Å²) in [5.41, 5.74) is 2.30. The van der Waals surface area contributed by atoms with Gasteiger partial charge in [-0.15, -0.1) is 0 Å². The second-order valence-corrected chi connectivity index (χ2v) is 10.9. The molecule has 3 rings (SSSR count). The van der Waals surface area contributed by atoms with Crippen LogP contribution in [0.15, 0.2) is 53.4 Å². The van der Waals surface area contributed by atoms with Gasteiger partial charge in [0.05, 0.1) is 5.02 Å². The summed E-state index contributed by atoms with van der Waals surface area (Å²) in [7, 11) is -3.75. The van der Waals surface area contributed by atoms with Crippen molar-refractivity contribution >= 4 is 27.5 Å². The second kappa shape index (κ2) is 11.3. The normalized spacial score (nSPS) is 19.6. The molecule has 0 aliphatic carbocycles. The van der Waals surface area contributed by atoms with Crippen LogP contribution in [0.1, 0.15) is 37.8 Å². The number of carbonyl (C=O) groups is 1. The minimum atomic E-state index is -3.75. The fourth-order valence-electron chi connectivity index (χ4n) is 4.37. The first-order valence-corrected chi connectivity index (χ1v) is 12.9. The number of nitrogens with zero attached hydrogens (tertiary/aromatic N) is 1. The van der Waals surface area contributed by atoms with E-state index in [0.717, 1.165) is 25.2 Å². The fourth-order valence-corrected chi connectivity index (χ4v) is 5.92. The fraction of sp³-hybridized carbons (Fsp3) is 0.458. The first-order chi connectivity index (χ1) is 15.2. The Balaban J connectivity index is 1.49. The van der Waals surface area contributed by atoms with Gasteiger partial charge >= 0.3 is 0 Å². The Bertz CT molecular complexity index is 1020. The molecule has 2 aromatic carbocycles. The van der Waals surface area contributed by atoms with Crippen molar-refractivity contribution in [1.29, 1.82) is 0 Å². The number of hydrogen-bond donors (Lipinski definition) is 2. The van der Waals surface area contributed by atoms with E-state index in [2.05, 4.69) is 34.9 Å². The molecule has 0 saturated carbocycles. The van der Waals surface area contributed by atoms with Crippen molar-refractivity contribution in [3.05, 3.63) is 64.7 Å². The number of halogens is 1. The Morgan fingerprint density at radius 2 is 1.66 bits per heavy atom. The number of rotatable bonds is 9. The number of hydrogen-bond acceptors (Lipinski definition) is 4. The first-order valence-electron chi connectivity index (χ1n) is 11.0. The maximum Gasteiger partial charge on any atom is 0.242 e. The number of piperidine rings is 1. The predicted molar refractivity (Wildman–Crippen MR) is 128 cm³/mol. The molecule has 0 spiro atoms. The van der Waals surface area contributed by atoms with Crippen molar-refractivity contribution < 1.29 is 13.2 Å². The average molecular weight is 478 g/mol. The highest BCUT2D eigenvalue weighted by Gasteiger charge is 2.22. The van der Waals surface area contributed by atoms with E-state index in [9.17, 15) is 13.2 Å². The van der Waals surface area contributed by atoms with E-state index in [1.165, 1.54) is 24.1 Å². The van der Waals surface area contributed by atoms with E-state index in [4.69, 9.17) is 11.6 Å². The quantitative estimate of drug-likeness (QED) is 0.575.